The van der Waals surface area contributed by atoms with Crippen molar-refractivity contribution in [1.29, 1.82) is 0 Å². The molecule has 138 valence electrons. The summed E-state index contributed by atoms with van der Waals surface area (Å²) in [6, 6.07) is 7.34. The first kappa shape index (κ1) is 19.4. The van der Waals surface area contributed by atoms with Crippen molar-refractivity contribution in [3.8, 4) is 5.75 Å². The van der Waals surface area contributed by atoms with Gasteiger partial charge in [-0.15, -0.1) is 0 Å². The van der Waals surface area contributed by atoms with Crippen molar-refractivity contribution < 1.29 is 19.1 Å². The highest BCUT2D eigenvalue weighted by atomic mass is 16.7. The van der Waals surface area contributed by atoms with Gasteiger partial charge in [0, 0.05) is 6.42 Å². The lowest BCUT2D eigenvalue weighted by Crippen LogP contribution is -2.46. The molecule has 0 radical (unpaired) electrons. The first-order chi connectivity index (χ1) is 11.9. The van der Waals surface area contributed by atoms with E-state index < -0.39 is 11.6 Å². The molecule has 1 saturated heterocycles. The fourth-order valence-corrected chi connectivity index (χ4v) is 3.28. The Labute approximate surface area is 150 Å². The van der Waals surface area contributed by atoms with Crippen LogP contribution in [0.5, 0.6) is 5.75 Å². The molecular weight excluding hydrogens is 318 g/mol. The molecule has 5 nitrogen and oxygen atoms in total. The standard InChI is InChI=1S/C20H29NO4/c1-5-18(22)20(9-11-21(4)12-10-20)16-7-6-8-17(13-16)25-19(23)24-14-15(2)3/h6-8,13,15H,5,9-12,14H2,1-4H3. The van der Waals surface area contributed by atoms with Crippen molar-refractivity contribution in [1.82, 2.24) is 4.90 Å². The number of ether oxygens (including phenoxy) is 2. The number of Topliss-reactive ketones (excluding diaryl/α,β-unsaturated/α-hetero) is 1. The van der Waals surface area contributed by atoms with Crippen LogP contribution in [0, 0.1) is 5.92 Å². The normalized spacial score (nSPS) is 17.3. The second-order valence-corrected chi connectivity index (χ2v) is 7.25. The molecule has 1 aliphatic heterocycles. The van der Waals surface area contributed by atoms with Gasteiger partial charge in [0.25, 0.3) is 0 Å². The zero-order chi connectivity index (χ0) is 18.4. The Morgan fingerprint density at radius 3 is 2.52 bits per heavy atom. The smallest absolute Gasteiger partial charge is 0.434 e. The van der Waals surface area contributed by atoms with Gasteiger partial charge < -0.3 is 14.4 Å². The lowest BCUT2D eigenvalue weighted by Gasteiger charge is -2.40. The van der Waals surface area contributed by atoms with Crippen LogP contribution in [0.25, 0.3) is 0 Å². The second-order valence-electron chi connectivity index (χ2n) is 7.25. The van der Waals surface area contributed by atoms with Crippen LogP contribution in [-0.2, 0) is 14.9 Å². The van der Waals surface area contributed by atoms with E-state index in [4.69, 9.17) is 9.47 Å². The number of benzene rings is 1. The fraction of sp³-hybridized carbons (Fsp3) is 0.600. The Morgan fingerprint density at radius 1 is 1.24 bits per heavy atom. The van der Waals surface area contributed by atoms with E-state index in [0.29, 0.717) is 18.8 Å². The van der Waals surface area contributed by atoms with Crippen molar-refractivity contribution in [2.75, 3.05) is 26.7 Å². The van der Waals surface area contributed by atoms with E-state index in [9.17, 15) is 9.59 Å². The number of hydrogen-bond donors (Lipinski definition) is 0. The number of ketones is 1. The van der Waals surface area contributed by atoms with Gasteiger partial charge in [-0.1, -0.05) is 32.9 Å². The van der Waals surface area contributed by atoms with Gasteiger partial charge in [-0.2, -0.15) is 0 Å². The third-order valence-electron chi connectivity index (χ3n) is 4.82. The summed E-state index contributed by atoms with van der Waals surface area (Å²) in [7, 11) is 2.07. The minimum Gasteiger partial charge on any atom is -0.434 e. The predicted octanol–water partition coefficient (Wildman–Crippen LogP) is 3.80. The minimum atomic E-state index is -0.704. The number of hydrogen-bond acceptors (Lipinski definition) is 5. The van der Waals surface area contributed by atoms with Crippen molar-refractivity contribution >= 4 is 11.9 Å². The molecule has 1 fully saturated rings. The Morgan fingerprint density at radius 2 is 1.92 bits per heavy atom. The molecule has 1 aromatic carbocycles. The van der Waals surface area contributed by atoms with Crippen LogP contribution in [-0.4, -0.2) is 43.6 Å². The molecule has 0 bridgehead atoms. The largest absolute Gasteiger partial charge is 0.513 e. The lowest BCUT2D eigenvalue weighted by molar-refractivity contribution is -0.126. The third kappa shape index (κ3) is 4.82. The first-order valence-electron chi connectivity index (χ1n) is 9.04. The number of nitrogens with zero attached hydrogens (tertiary/aromatic N) is 1. The monoisotopic (exact) mass is 347 g/mol. The summed E-state index contributed by atoms with van der Waals surface area (Å²) in [5.41, 5.74) is 0.448. The molecule has 0 saturated carbocycles. The van der Waals surface area contributed by atoms with Gasteiger partial charge in [0.2, 0.25) is 0 Å². The Balaban J connectivity index is 2.19. The molecule has 0 spiro atoms. The maximum Gasteiger partial charge on any atom is 0.513 e. The summed E-state index contributed by atoms with van der Waals surface area (Å²) in [5.74, 6) is 0.928. The van der Waals surface area contributed by atoms with Crippen molar-refractivity contribution in [3.63, 3.8) is 0 Å². The zero-order valence-corrected chi connectivity index (χ0v) is 15.7. The molecule has 0 atom stereocenters. The average Bonchev–Trinajstić information content (AvgIpc) is 2.60. The van der Waals surface area contributed by atoms with E-state index in [2.05, 4.69) is 11.9 Å². The van der Waals surface area contributed by atoms with Gasteiger partial charge in [0.15, 0.2) is 0 Å². The summed E-state index contributed by atoms with van der Waals surface area (Å²) in [5, 5.41) is 0. The summed E-state index contributed by atoms with van der Waals surface area (Å²) < 4.78 is 10.4. The van der Waals surface area contributed by atoms with Gasteiger partial charge in [-0.3, -0.25) is 4.79 Å². The van der Waals surface area contributed by atoms with Crippen LogP contribution in [0.1, 0.15) is 45.6 Å². The lowest BCUT2D eigenvalue weighted by atomic mass is 9.69. The van der Waals surface area contributed by atoms with Crippen molar-refractivity contribution in [2.24, 2.45) is 5.92 Å². The Bertz CT molecular complexity index is 603. The summed E-state index contributed by atoms with van der Waals surface area (Å²) in [6.07, 6.45) is 1.38. The van der Waals surface area contributed by atoms with Crippen LogP contribution < -0.4 is 4.74 Å². The van der Waals surface area contributed by atoms with Crippen LogP contribution >= 0.6 is 0 Å². The van der Waals surface area contributed by atoms with Crippen LogP contribution in [0.3, 0.4) is 0 Å². The maximum absolute atomic E-state index is 12.8. The molecule has 1 aromatic rings. The van der Waals surface area contributed by atoms with E-state index in [1.807, 2.05) is 39.0 Å². The van der Waals surface area contributed by atoms with Crippen molar-refractivity contribution in [2.45, 2.75) is 45.4 Å². The van der Waals surface area contributed by atoms with Gasteiger partial charge in [0.05, 0.1) is 12.0 Å². The molecule has 0 unspecified atom stereocenters. The highest BCUT2D eigenvalue weighted by molar-refractivity contribution is 5.90. The summed E-state index contributed by atoms with van der Waals surface area (Å²) in [6.45, 7) is 7.93. The number of rotatable bonds is 6. The van der Waals surface area contributed by atoms with Gasteiger partial charge >= 0.3 is 6.16 Å². The molecular formula is C20H29NO4. The SMILES string of the molecule is CCC(=O)C1(c2cccc(OC(=O)OCC(C)C)c2)CCN(C)CC1. The molecule has 2 rings (SSSR count). The van der Waals surface area contributed by atoms with E-state index in [-0.39, 0.29) is 11.7 Å². The fourth-order valence-electron chi connectivity index (χ4n) is 3.28. The first-order valence-corrected chi connectivity index (χ1v) is 9.04. The summed E-state index contributed by atoms with van der Waals surface area (Å²) >= 11 is 0. The second kappa shape index (κ2) is 8.48. The van der Waals surface area contributed by atoms with Crippen LogP contribution in [0.15, 0.2) is 24.3 Å². The van der Waals surface area contributed by atoms with E-state index in [1.165, 1.54) is 0 Å². The summed E-state index contributed by atoms with van der Waals surface area (Å²) in [4.78, 5) is 26.8. The van der Waals surface area contributed by atoms with Crippen LogP contribution in [0.2, 0.25) is 0 Å². The van der Waals surface area contributed by atoms with Gasteiger partial charge in [0.1, 0.15) is 11.5 Å². The van der Waals surface area contributed by atoms with Gasteiger partial charge in [-0.25, -0.2) is 4.79 Å². The molecule has 25 heavy (non-hydrogen) atoms. The van der Waals surface area contributed by atoms with Crippen LogP contribution in [0.4, 0.5) is 4.79 Å². The Hall–Kier alpha value is -1.88. The minimum absolute atomic E-state index is 0.250. The number of carbonyl (C=O) groups excluding carboxylic acids is 2. The van der Waals surface area contributed by atoms with Gasteiger partial charge in [-0.05, 0) is 56.6 Å². The van der Waals surface area contributed by atoms with E-state index in [0.717, 1.165) is 31.5 Å². The number of likely N-dealkylation sites (tertiary alicyclic amines) is 1. The average molecular weight is 347 g/mol. The molecule has 1 aliphatic rings. The Kier molecular flexibility index (Phi) is 6.59. The molecule has 1 heterocycles. The highest BCUT2D eigenvalue weighted by Crippen LogP contribution is 2.38. The highest BCUT2D eigenvalue weighted by Gasteiger charge is 2.41. The van der Waals surface area contributed by atoms with E-state index in [1.54, 1.807) is 6.07 Å². The molecule has 5 heteroatoms. The predicted molar refractivity (Wildman–Crippen MR) is 97.0 cm³/mol. The third-order valence-corrected chi connectivity index (χ3v) is 4.82. The topological polar surface area (TPSA) is 55.8 Å². The zero-order valence-electron chi connectivity index (χ0n) is 15.7. The van der Waals surface area contributed by atoms with E-state index >= 15 is 0 Å². The maximum atomic E-state index is 12.8. The molecule has 0 aliphatic carbocycles. The molecule has 0 N–H and O–H groups in total. The molecule has 0 aromatic heterocycles. The molecule has 0 amide bonds. The quantitative estimate of drug-likeness (QED) is 0.579. The number of carbonyl (C=O) groups is 2. The number of piperidine rings is 1. The van der Waals surface area contributed by atoms with Crippen molar-refractivity contribution in [3.05, 3.63) is 29.8 Å².